The minimum absolute atomic E-state index is 0.121. The van der Waals surface area contributed by atoms with Crippen LogP contribution in [0.5, 0.6) is 0 Å². The average Bonchev–Trinajstić information content (AvgIpc) is 2.49. The van der Waals surface area contributed by atoms with Gasteiger partial charge in [-0.2, -0.15) is 0 Å². The Morgan fingerprint density at radius 2 is 1.81 bits per heavy atom. The molecule has 1 nitrogen and oxygen atoms in total. The van der Waals surface area contributed by atoms with Crippen LogP contribution in [0.1, 0.15) is 32.3 Å². The summed E-state index contributed by atoms with van der Waals surface area (Å²) < 4.78 is 0. The number of fused-ring (bicyclic) bond motifs is 3. The summed E-state index contributed by atoms with van der Waals surface area (Å²) in [4.78, 5) is 0. The Morgan fingerprint density at radius 3 is 2.57 bits per heavy atom. The van der Waals surface area contributed by atoms with E-state index in [1.54, 1.807) is 0 Å². The fraction of sp³-hybridized carbons (Fsp3) is 0.500. The maximum absolute atomic E-state index is 10.7. The third-order valence-electron chi connectivity index (χ3n) is 6.39. The van der Waals surface area contributed by atoms with Crippen LogP contribution in [0.4, 0.5) is 0 Å². The molecule has 0 unspecified atom stereocenters. The van der Waals surface area contributed by atoms with Crippen molar-refractivity contribution in [2.24, 2.45) is 23.2 Å². The molecule has 0 heterocycles. The smallest absolute Gasteiger partial charge is 0.0605 e. The highest BCUT2D eigenvalue weighted by molar-refractivity contribution is 5.85. The first kappa shape index (κ1) is 13.3. The minimum Gasteiger partial charge on any atom is -0.393 e. The van der Waals surface area contributed by atoms with Crippen molar-refractivity contribution >= 4 is 10.8 Å². The number of hydrogen-bond acceptors (Lipinski definition) is 1. The van der Waals surface area contributed by atoms with Gasteiger partial charge in [-0.25, -0.2) is 0 Å². The van der Waals surface area contributed by atoms with Gasteiger partial charge >= 0.3 is 0 Å². The standard InChI is InChI=1S/C20H24O/c1-20(2)16-11-15(19(21)18(20)12-16)10-14-8-5-7-13-6-3-4-9-17(13)14/h3-9,15-16,18-19,21H,10-12H2,1-2H3/t15-,16-,18-,19+/m0/s1. The first-order valence-electron chi connectivity index (χ1n) is 8.22. The zero-order chi connectivity index (χ0) is 14.6. The van der Waals surface area contributed by atoms with Gasteiger partial charge in [0, 0.05) is 0 Å². The predicted molar refractivity (Wildman–Crippen MR) is 87.1 cm³/mol. The van der Waals surface area contributed by atoms with E-state index in [0.29, 0.717) is 17.3 Å². The lowest BCUT2D eigenvalue weighted by atomic mass is 9.45. The molecule has 110 valence electrons. The van der Waals surface area contributed by atoms with Crippen molar-refractivity contribution in [2.75, 3.05) is 0 Å². The molecule has 21 heavy (non-hydrogen) atoms. The summed E-state index contributed by atoms with van der Waals surface area (Å²) in [7, 11) is 0. The van der Waals surface area contributed by atoms with Crippen molar-refractivity contribution in [1.29, 1.82) is 0 Å². The summed E-state index contributed by atoms with van der Waals surface area (Å²) in [5.41, 5.74) is 1.76. The van der Waals surface area contributed by atoms with Crippen molar-refractivity contribution < 1.29 is 5.11 Å². The summed E-state index contributed by atoms with van der Waals surface area (Å²) in [5.74, 6) is 1.76. The lowest BCUT2D eigenvalue weighted by molar-refractivity contribution is -0.169. The molecule has 0 radical (unpaired) electrons. The zero-order valence-corrected chi connectivity index (χ0v) is 12.9. The predicted octanol–water partition coefficient (Wildman–Crippen LogP) is 4.43. The van der Waals surface area contributed by atoms with Gasteiger partial charge in [0.1, 0.15) is 0 Å². The lowest BCUT2D eigenvalue weighted by Gasteiger charge is -2.61. The molecule has 0 spiro atoms. The summed E-state index contributed by atoms with van der Waals surface area (Å²) in [6.45, 7) is 4.67. The van der Waals surface area contributed by atoms with Gasteiger partial charge in [-0.15, -0.1) is 0 Å². The largest absolute Gasteiger partial charge is 0.393 e. The summed E-state index contributed by atoms with van der Waals surface area (Å²) in [5, 5.41) is 13.4. The number of rotatable bonds is 2. The van der Waals surface area contributed by atoms with Gasteiger partial charge in [-0.1, -0.05) is 56.3 Å². The second kappa shape index (κ2) is 4.58. The van der Waals surface area contributed by atoms with Gasteiger partial charge in [-0.05, 0) is 58.8 Å². The van der Waals surface area contributed by atoms with E-state index < -0.39 is 0 Å². The molecule has 5 rings (SSSR count). The Balaban J connectivity index is 1.62. The van der Waals surface area contributed by atoms with E-state index in [1.165, 1.54) is 29.2 Å². The first-order chi connectivity index (χ1) is 10.1. The van der Waals surface area contributed by atoms with E-state index in [9.17, 15) is 5.11 Å². The van der Waals surface area contributed by atoms with E-state index in [2.05, 4.69) is 56.3 Å². The third kappa shape index (κ3) is 1.94. The molecule has 3 aliphatic carbocycles. The van der Waals surface area contributed by atoms with Crippen molar-refractivity contribution in [2.45, 2.75) is 39.2 Å². The number of benzene rings is 2. The van der Waals surface area contributed by atoms with Gasteiger partial charge < -0.3 is 5.11 Å². The molecular weight excluding hydrogens is 256 g/mol. The molecule has 0 saturated heterocycles. The average molecular weight is 280 g/mol. The van der Waals surface area contributed by atoms with Crippen molar-refractivity contribution in [3.05, 3.63) is 48.0 Å². The fourth-order valence-corrected chi connectivity index (χ4v) is 4.83. The van der Waals surface area contributed by atoms with E-state index in [-0.39, 0.29) is 6.10 Å². The Bertz CT molecular complexity index is 667. The molecule has 0 amide bonds. The zero-order valence-electron chi connectivity index (χ0n) is 12.9. The summed E-state index contributed by atoms with van der Waals surface area (Å²) in [6.07, 6.45) is 3.32. The third-order valence-corrected chi connectivity index (χ3v) is 6.39. The van der Waals surface area contributed by atoms with Gasteiger partial charge in [-0.3, -0.25) is 0 Å². The van der Waals surface area contributed by atoms with E-state index in [1.807, 2.05) is 0 Å². The molecule has 3 aliphatic rings. The van der Waals surface area contributed by atoms with Crippen molar-refractivity contribution in [1.82, 2.24) is 0 Å². The fourth-order valence-electron chi connectivity index (χ4n) is 4.83. The van der Waals surface area contributed by atoms with Crippen LogP contribution in [-0.2, 0) is 6.42 Å². The molecule has 3 saturated carbocycles. The molecule has 2 aromatic rings. The quantitative estimate of drug-likeness (QED) is 0.863. The summed E-state index contributed by atoms with van der Waals surface area (Å²) in [6, 6.07) is 15.2. The van der Waals surface area contributed by atoms with Gasteiger partial charge in [0.2, 0.25) is 0 Å². The SMILES string of the molecule is CC1(C)[C@H]2C[C@H](Cc3cccc4ccccc34)[C@@H](O)[C@@H]1C2. The summed E-state index contributed by atoms with van der Waals surface area (Å²) >= 11 is 0. The van der Waals surface area contributed by atoms with Gasteiger partial charge in [0.25, 0.3) is 0 Å². The molecule has 4 atom stereocenters. The lowest BCUT2D eigenvalue weighted by Crippen LogP contribution is -2.58. The molecule has 1 N–H and O–H groups in total. The number of aliphatic hydroxyl groups is 1. The maximum atomic E-state index is 10.7. The molecule has 3 fully saturated rings. The number of hydrogen-bond donors (Lipinski definition) is 1. The topological polar surface area (TPSA) is 20.2 Å². The van der Waals surface area contributed by atoms with Crippen LogP contribution in [0.25, 0.3) is 10.8 Å². The van der Waals surface area contributed by atoms with E-state index >= 15 is 0 Å². The molecule has 2 aromatic carbocycles. The maximum Gasteiger partial charge on any atom is 0.0605 e. The van der Waals surface area contributed by atoms with Crippen LogP contribution in [0, 0.1) is 23.2 Å². The van der Waals surface area contributed by atoms with Crippen LogP contribution in [0.15, 0.2) is 42.5 Å². The highest BCUT2D eigenvalue weighted by Gasteiger charge is 2.57. The Hall–Kier alpha value is -1.34. The second-order valence-electron chi connectivity index (χ2n) is 7.69. The Kier molecular flexibility index (Phi) is 2.91. The monoisotopic (exact) mass is 280 g/mol. The van der Waals surface area contributed by atoms with Crippen LogP contribution in [0.3, 0.4) is 0 Å². The molecule has 1 heteroatoms. The first-order valence-corrected chi connectivity index (χ1v) is 8.22. The highest BCUT2D eigenvalue weighted by Crippen LogP contribution is 2.61. The van der Waals surface area contributed by atoms with Gasteiger partial charge in [0.05, 0.1) is 6.10 Å². The second-order valence-corrected chi connectivity index (χ2v) is 7.69. The molecule has 0 aliphatic heterocycles. The minimum atomic E-state index is -0.121. The number of aliphatic hydroxyl groups excluding tert-OH is 1. The van der Waals surface area contributed by atoms with Crippen LogP contribution in [0.2, 0.25) is 0 Å². The van der Waals surface area contributed by atoms with Crippen LogP contribution >= 0.6 is 0 Å². The van der Waals surface area contributed by atoms with Crippen molar-refractivity contribution in [3.8, 4) is 0 Å². The van der Waals surface area contributed by atoms with E-state index in [4.69, 9.17) is 0 Å². The Labute approximate surface area is 127 Å². The molecular formula is C20H24O. The normalized spacial score (nSPS) is 33.7. The molecule has 0 aromatic heterocycles. The highest BCUT2D eigenvalue weighted by atomic mass is 16.3. The van der Waals surface area contributed by atoms with Crippen LogP contribution < -0.4 is 0 Å². The van der Waals surface area contributed by atoms with Gasteiger partial charge in [0.15, 0.2) is 0 Å². The van der Waals surface area contributed by atoms with Crippen molar-refractivity contribution in [3.63, 3.8) is 0 Å². The molecule has 2 bridgehead atoms. The van der Waals surface area contributed by atoms with Crippen LogP contribution in [-0.4, -0.2) is 11.2 Å². The van der Waals surface area contributed by atoms with E-state index in [0.717, 1.165) is 12.3 Å². The Morgan fingerprint density at radius 1 is 1.05 bits per heavy atom.